The van der Waals surface area contributed by atoms with E-state index in [-0.39, 0.29) is 23.8 Å². The minimum Gasteiger partial charge on any atom is -0.465 e. The number of carbonyl (C=O) groups excluding carboxylic acids is 1. The molecule has 4 atom stereocenters. The molecule has 4 rings (SSSR count). The number of esters is 1. The van der Waals surface area contributed by atoms with Gasteiger partial charge >= 0.3 is 21.3 Å². The van der Waals surface area contributed by atoms with Crippen molar-refractivity contribution in [2.75, 3.05) is 18.7 Å². The van der Waals surface area contributed by atoms with Gasteiger partial charge in [-0.3, -0.25) is 13.9 Å². The van der Waals surface area contributed by atoms with Crippen LogP contribution in [0.4, 0.5) is 10.2 Å². The number of carbonyl (C=O) groups is 1. The molecule has 16 nitrogen and oxygen atoms in total. The molecule has 40 heavy (non-hydrogen) atoms. The molecule has 3 heterocycles. The molecule has 1 aliphatic rings. The summed E-state index contributed by atoms with van der Waals surface area (Å²) in [5.41, 5.74) is 6.35. The smallest absolute Gasteiger partial charge is 0.465 e. The zero-order valence-electron chi connectivity index (χ0n) is 21.1. The molecule has 1 aliphatic heterocycles. The molecule has 0 saturated heterocycles. The molecule has 1 aromatic carbocycles. The number of phosphoric acid groups is 1. The third-order valence-corrected chi connectivity index (χ3v) is 6.64. The molecular formula is C21H27FN6O10P2. The number of ether oxygens (including phenoxy) is 3. The molecule has 3 aromatic rings. The van der Waals surface area contributed by atoms with Gasteiger partial charge in [-0.05, 0) is 26.0 Å². The van der Waals surface area contributed by atoms with Crippen molar-refractivity contribution in [1.29, 1.82) is 0 Å². The topological polar surface area (TPSA) is 230 Å². The number of rotatable bonds is 10. The van der Waals surface area contributed by atoms with E-state index in [4.69, 9.17) is 43.7 Å². The van der Waals surface area contributed by atoms with E-state index in [0.717, 1.165) is 6.08 Å². The largest absolute Gasteiger partial charge is 0.466 e. The third kappa shape index (κ3) is 8.87. The predicted octanol–water partition coefficient (Wildman–Crippen LogP) is 1.98. The summed E-state index contributed by atoms with van der Waals surface area (Å²) in [6.07, 6.45) is 0.676. The molecule has 0 fully saturated rings. The first kappa shape index (κ1) is 31.3. The van der Waals surface area contributed by atoms with Crippen LogP contribution in [0.25, 0.3) is 11.2 Å². The lowest BCUT2D eigenvalue weighted by atomic mass is 10.3. The molecule has 0 saturated carbocycles. The van der Waals surface area contributed by atoms with E-state index in [0.29, 0.717) is 5.52 Å². The number of imidazole rings is 1. The fourth-order valence-electron chi connectivity index (χ4n) is 3.30. The number of fused-ring (bicyclic) bond motifs is 1. The van der Waals surface area contributed by atoms with Crippen LogP contribution in [0.3, 0.4) is 0 Å². The summed E-state index contributed by atoms with van der Waals surface area (Å²) in [4.78, 5) is 45.7. The number of nitrogens with one attached hydrogen (secondary N) is 1. The average Bonchev–Trinajstić information content (AvgIpc) is 3.46. The van der Waals surface area contributed by atoms with E-state index in [1.54, 1.807) is 37.3 Å². The zero-order chi connectivity index (χ0) is 29.5. The molecule has 0 bridgehead atoms. The Hall–Kier alpha value is -3.27. The molecule has 0 spiro atoms. The highest BCUT2D eigenvalue weighted by Crippen LogP contribution is 2.45. The molecule has 0 amide bonds. The Morgan fingerprint density at radius 3 is 2.55 bits per heavy atom. The third-order valence-electron chi connectivity index (χ3n) is 4.87. The fourth-order valence-corrected chi connectivity index (χ4v) is 4.98. The maximum atomic E-state index is 14.8. The van der Waals surface area contributed by atoms with Crippen LogP contribution in [-0.4, -0.2) is 65.5 Å². The van der Waals surface area contributed by atoms with Gasteiger partial charge in [0.2, 0.25) is 0 Å². The van der Waals surface area contributed by atoms with Crippen LogP contribution in [0, 0.1) is 0 Å². The number of aromatic nitrogens is 4. The van der Waals surface area contributed by atoms with Crippen LogP contribution in [0.5, 0.6) is 5.75 Å². The van der Waals surface area contributed by atoms with Gasteiger partial charge in [0.05, 0.1) is 12.9 Å². The summed E-state index contributed by atoms with van der Waals surface area (Å²) in [6, 6.07) is 7.40. The van der Waals surface area contributed by atoms with Crippen LogP contribution in [0.15, 0.2) is 54.9 Å². The molecule has 0 unspecified atom stereocenters. The van der Waals surface area contributed by atoms with Gasteiger partial charge in [0, 0.05) is 6.08 Å². The summed E-state index contributed by atoms with van der Waals surface area (Å²) in [7, 11) is -8.47. The summed E-state index contributed by atoms with van der Waals surface area (Å²) >= 11 is 0. The number of nitrogen functional groups attached to an aromatic ring is 1. The zero-order valence-corrected chi connectivity index (χ0v) is 22.9. The second-order valence-corrected chi connectivity index (χ2v) is 11.1. The first-order chi connectivity index (χ1) is 18.8. The number of para-hydroxylation sites is 1. The fraction of sp³-hybridized carbons (Fsp3) is 0.333. The van der Waals surface area contributed by atoms with Crippen molar-refractivity contribution in [2.24, 2.45) is 0 Å². The van der Waals surface area contributed by atoms with Crippen molar-refractivity contribution in [3.63, 3.8) is 0 Å². The van der Waals surface area contributed by atoms with Gasteiger partial charge in [-0.15, -0.1) is 0 Å². The normalized spacial score (nSPS) is 19.2. The Kier molecular flexibility index (Phi) is 10.5. The summed E-state index contributed by atoms with van der Waals surface area (Å²) in [5.74, 6) is -0.847. The Balaban J connectivity index is 0.000000810. The quantitative estimate of drug-likeness (QED) is 0.164. The second-order valence-electron chi connectivity index (χ2n) is 7.98. The van der Waals surface area contributed by atoms with Crippen LogP contribution in [0.1, 0.15) is 20.1 Å². The Labute approximate surface area is 226 Å². The van der Waals surface area contributed by atoms with Crippen LogP contribution in [0.2, 0.25) is 0 Å². The van der Waals surface area contributed by atoms with E-state index in [9.17, 15) is 13.8 Å². The van der Waals surface area contributed by atoms with E-state index < -0.39 is 52.0 Å². The molecule has 19 heteroatoms. The minimum atomic E-state index is -4.64. The molecule has 6 N–H and O–H groups in total. The Morgan fingerprint density at radius 2 is 1.90 bits per heavy atom. The highest BCUT2D eigenvalue weighted by molar-refractivity contribution is 7.57. The number of hydrogen-bond donors (Lipinski definition) is 5. The van der Waals surface area contributed by atoms with Gasteiger partial charge in [-0.25, -0.2) is 29.0 Å². The van der Waals surface area contributed by atoms with Crippen molar-refractivity contribution in [1.82, 2.24) is 24.6 Å². The van der Waals surface area contributed by atoms with Crippen molar-refractivity contribution in [3.05, 3.63) is 54.9 Å². The van der Waals surface area contributed by atoms with Gasteiger partial charge in [0.25, 0.3) is 0 Å². The standard InChI is InChI=1S/C21H24FN6O6P.H3O4P/c1-3-31-21(29)13(2)27-35(30,34-14-7-5-4-6-8-14)12-32-16-9-15(22)20(33-16)28-11-26-17-18(23)24-10-25-19(17)28;1-5(2,3)4/h4-11,13,16,20H,3,12H2,1-2H3,(H,27,30)(H2,23,24,25);(H3,1,2,3,4)/t13-,16-,20+,35-;/m0./s1. The first-order valence-corrected chi connectivity index (χ1v) is 14.8. The van der Waals surface area contributed by atoms with E-state index >= 15 is 0 Å². The lowest BCUT2D eigenvalue weighted by molar-refractivity contribution is -0.144. The molecule has 0 radical (unpaired) electrons. The van der Waals surface area contributed by atoms with Gasteiger partial charge < -0.3 is 39.1 Å². The number of benzene rings is 1. The van der Waals surface area contributed by atoms with Crippen LogP contribution < -0.4 is 15.3 Å². The lowest BCUT2D eigenvalue weighted by Crippen LogP contribution is -2.36. The van der Waals surface area contributed by atoms with E-state index in [1.165, 1.54) is 24.1 Å². The van der Waals surface area contributed by atoms with Crippen molar-refractivity contribution >= 4 is 38.3 Å². The van der Waals surface area contributed by atoms with Crippen molar-refractivity contribution in [3.8, 4) is 5.75 Å². The predicted molar refractivity (Wildman–Crippen MR) is 137 cm³/mol. The van der Waals surface area contributed by atoms with E-state index in [1.807, 2.05) is 0 Å². The van der Waals surface area contributed by atoms with Gasteiger partial charge in [-0.1, -0.05) is 18.2 Å². The highest BCUT2D eigenvalue weighted by Gasteiger charge is 2.36. The molecular weight excluding hydrogens is 577 g/mol. The molecule has 0 aliphatic carbocycles. The Bertz CT molecular complexity index is 1430. The number of halogens is 1. The van der Waals surface area contributed by atoms with Crippen LogP contribution in [-0.2, 0) is 28.1 Å². The molecule has 2 aromatic heterocycles. The van der Waals surface area contributed by atoms with Gasteiger partial charge in [0.1, 0.15) is 23.6 Å². The lowest BCUT2D eigenvalue weighted by Gasteiger charge is -2.24. The summed E-state index contributed by atoms with van der Waals surface area (Å²) in [5, 5.41) is 2.65. The SMILES string of the molecule is CCOC(=O)[C@H](C)N[P@](=O)(CO[C@@H]1C=C(F)[C@H](n2cnc3c(N)ncnc32)O1)Oc1ccccc1.O=P(O)(O)O. The number of hydrogen-bond acceptors (Lipinski definition) is 11. The van der Waals surface area contributed by atoms with Crippen LogP contribution >= 0.6 is 15.3 Å². The number of nitrogens with zero attached hydrogens (tertiary/aromatic N) is 4. The minimum absolute atomic E-state index is 0.143. The summed E-state index contributed by atoms with van der Waals surface area (Å²) < 4.78 is 60.4. The van der Waals surface area contributed by atoms with Crippen molar-refractivity contribution in [2.45, 2.75) is 32.4 Å². The summed E-state index contributed by atoms with van der Waals surface area (Å²) in [6.45, 7) is 3.30. The Morgan fingerprint density at radius 1 is 1.23 bits per heavy atom. The second kappa shape index (κ2) is 13.4. The van der Waals surface area contributed by atoms with Gasteiger partial charge in [-0.2, -0.15) is 0 Å². The first-order valence-electron chi connectivity index (χ1n) is 11.4. The van der Waals surface area contributed by atoms with E-state index in [2.05, 4.69) is 20.0 Å². The monoisotopic (exact) mass is 604 g/mol. The highest BCUT2D eigenvalue weighted by atomic mass is 31.2. The maximum absolute atomic E-state index is 14.8. The average molecular weight is 604 g/mol. The van der Waals surface area contributed by atoms with Crippen molar-refractivity contribution < 1.29 is 51.7 Å². The number of anilines is 1. The molecule has 218 valence electrons. The maximum Gasteiger partial charge on any atom is 0.466 e. The van der Waals surface area contributed by atoms with Gasteiger partial charge in [0.15, 0.2) is 36.2 Å². The number of nitrogens with two attached hydrogens (primary N) is 1.